The van der Waals surface area contributed by atoms with Crippen molar-refractivity contribution < 1.29 is 31.9 Å². The highest BCUT2D eigenvalue weighted by atomic mass is 19.4. The zero-order valence-electron chi connectivity index (χ0n) is 22.3. The zero-order valence-corrected chi connectivity index (χ0v) is 22.3. The first-order valence-electron chi connectivity index (χ1n) is 12.7. The number of methoxy groups -OCH3 is 1. The van der Waals surface area contributed by atoms with Crippen LogP contribution >= 0.6 is 0 Å². The fraction of sp³-hybridized carbons (Fsp3) is 0.259. The molecule has 1 fully saturated rings. The summed E-state index contributed by atoms with van der Waals surface area (Å²) in [6, 6.07) is 7.41. The number of anilines is 3. The van der Waals surface area contributed by atoms with Gasteiger partial charge in [-0.1, -0.05) is 12.1 Å². The van der Waals surface area contributed by atoms with Crippen LogP contribution in [0, 0.1) is 5.82 Å². The number of ether oxygens (including phenoxy) is 1. The molecule has 3 heterocycles. The Morgan fingerprint density at radius 3 is 2.62 bits per heavy atom. The number of hydrogen-bond donors (Lipinski definition) is 4. The molecule has 5 N–H and O–H groups in total. The van der Waals surface area contributed by atoms with E-state index in [0.717, 1.165) is 16.8 Å². The Hall–Kier alpha value is -4.76. The van der Waals surface area contributed by atoms with Crippen LogP contribution in [0.25, 0.3) is 16.6 Å². The largest absolute Gasteiger partial charge is 0.416 e. The predicted molar refractivity (Wildman–Crippen MR) is 146 cm³/mol. The van der Waals surface area contributed by atoms with Gasteiger partial charge in [0.1, 0.15) is 12.1 Å². The normalized spacial score (nSPS) is 14.2. The number of halogens is 4. The molecule has 1 aliphatic heterocycles. The first kappa shape index (κ1) is 28.8. The summed E-state index contributed by atoms with van der Waals surface area (Å²) in [5.74, 6) is -0.906. The molecule has 2 aromatic carbocycles. The van der Waals surface area contributed by atoms with Crippen LogP contribution in [-0.2, 0) is 28.9 Å². The molecule has 0 radical (unpaired) electrons. The molecule has 42 heavy (non-hydrogen) atoms. The van der Waals surface area contributed by atoms with E-state index in [1.165, 1.54) is 0 Å². The number of urea groups is 1. The van der Waals surface area contributed by atoms with Crippen molar-refractivity contribution in [2.45, 2.75) is 19.3 Å². The van der Waals surface area contributed by atoms with E-state index in [2.05, 4.69) is 26.1 Å². The lowest BCUT2D eigenvalue weighted by Gasteiger charge is -2.26. The molecule has 0 atom stereocenters. The van der Waals surface area contributed by atoms with E-state index in [1.54, 1.807) is 37.7 Å². The second kappa shape index (κ2) is 11.6. The minimum Gasteiger partial charge on any atom is -0.380 e. The van der Waals surface area contributed by atoms with Gasteiger partial charge in [0.2, 0.25) is 5.91 Å². The molecule has 3 amide bonds. The second-order valence-corrected chi connectivity index (χ2v) is 9.58. The Balaban J connectivity index is 1.43. The number of rotatable bonds is 7. The summed E-state index contributed by atoms with van der Waals surface area (Å²) in [4.78, 5) is 26.4. The number of amides is 3. The number of carbonyl (C=O) groups excluding carboxylic acids is 2. The van der Waals surface area contributed by atoms with Gasteiger partial charge in [-0.25, -0.2) is 9.18 Å². The monoisotopic (exact) mass is 586 g/mol. The number of nitrogens with zero attached hydrogens (tertiary/aromatic N) is 4. The number of fused-ring (bicyclic) bond motifs is 1. The van der Waals surface area contributed by atoms with E-state index in [0.29, 0.717) is 54.6 Å². The molecule has 15 heteroatoms. The quantitative estimate of drug-likeness (QED) is 0.241. The highest BCUT2D eigenvalue weighted by Crippen LogP contribution is 2.37. The Bertz CT molecular complexity index is 1640. The van der Waals surface area contributed by atoms with Crippen molar-refractivity contribution in [1.82, 2.24) is 24.8 Å². The van der Waals surface area contributed by atoms with Gasteiger partial charge in [-0.05, 0) is 35.9 Å². The van der Waals surface area contributed by atoms with E-state index >= 15 is 0 Å². The van der Waals surface area contributed by atoms with E-state index in [1.807, 2.05) is 9.30 Å². The lowest BCUT2D eigenvalue weighted by atomic mass is 10.0. The van der Waals surface area contributed by atoms with E-state index in [4.69, 9.17) is 10.5 Å². The predicted octanol–water partition coefficient (Wildman–Crippen LogP) is 3.86. The number of nitrogens with two attached hydrogens (primary N) is 1. The maximum absolute atomic E-state index is 14.1. The number of aromatic nitrogens is 3. The summed E-state index contributed by atoms with van der Waals surface area (Å²) >= 11 is 0. The second-order valence-electron chi connectivity index (χ2n) is 9.58. The van der Waals surface area contributed by atoms with Crippen molar-refractivity contribution in [2.75, 3.05) is 43.1 Å². The highest BCUT2D eigenvalue weighted by Gasteiger charge is 2.31. The lowest BCUT2D eigenvalue weighted by molar-refractivity contribution is -0.137. The fourth-order valence-electron chi connectivity index (χ4n) is 4.88. The Kier molecular flexibility index (Phi) is 7.95. The fourth-order valence-corrected chi connectivity index (χ4v) is 4.88. The molecule has 4 aromatic rings. The maximum Gasteiger partial charge on any atom is 0.416 e. The summed E-state index contributed by atoms with van der Waals surface area (Å²) in [6.45, 7) is 2.05. The average molecular weight is 587 g/mol. The van der Waals surface area contributed by atoms with E-state index in [9.17, 15) is 27.2 Å². The van der Waals surface area contributed by atoms with Crippen molar-refractivity contribution >= 4 is 34.6 Å². The third-order valence-corrected chi connectivity index (χ3v) is 6.75. The first-order valence-corrected chi connectivity index (χ1v) is 12.7. The molecular weight excluding hydrogens is 560 g/mol. The molecule has 220 valence electrons. The number of piperazine rings is 1. The number of alkyl halides is 3. The Labute approximate surface area is 236 Å². The van der Waals surface area contributed by atoms with Gasteiger partial charge in [0.25, 0.3) is 0 Å². The average Bonchev–Trinajstić information content (AvgIpc) is 3.24. The van der Waals surface area contributed by atoms with E-state index in [-0.39, 0.29) is 24.9 Å². The van der Waals surface area contributed by atoms with Crippen molar-refractivity contribution in [1.29, 1.82) is 0 Å². The van der Waals surface area contributed by atoms with Gasteiger partial charge in [-0.3, -0.25) is 14.1 Å². The first-order chi connectivity index (χ1) is 20.0. The van der Waals surface area contributed by atoms with Crippen LogP contribution in [0.4, 0.5) is 39.5 Å². The highest BCUT2D eigenvalue weighted by molar-refractivity contribution is 6.00. The molecule has 0 unspecified atom stereocenters. The number of carbonyl (C=O) groups is 2. The molecule has 0 saturated carbocycles. The number of nitrogens with one attached hydrogen (secondary N) is 3. The van der Waals surface area contributed by atoms with E-state index < -0.39 is 29.3 Å². The molecule has 5 rings (SSSR count). The lowest BCUT2D eigenvalue weighted by Crippen LogP contribution is -2.47. The van der Waals surface area contributed by atoms with Crippen molar-refractivity contribution in [3.8, 4) is 11.1 Å². The van der Waals surface area contributed by atoms with Crippen LogP contribution in [0.2, 0.25) is 0 Å². The molecule has 2 aromatic heterocycles. The molecule has 1 saturated heterocycles. The molecule has 0 bridgehead atoms. The molecule has 1 aliphatic rings. The van der Waals surface area contributed by atoms with Gasteiger partial charge in [0.15, 0.2) is 5.82 Å². The van der Waals surface area contributed by atoms with Gasteiger partial charge < -0.3 is 26.4 Å². The number of nitrogen functional groups attached to an aromatic ring is 1. The standard InChI is InChI=1S/C27H26F4N8O3/c1-42-13-18-21(11-38-9-8-33-22(40)12-38)39-14-34-37-25(32)24(39)23(18)15-2-5-17(6-3-15)35-26(41)36-20-10-16(27(29,30)31)4-7-19(20)28/h2-7,10,14H,8-9,11-13H2,1H3,(H2,32,37)(H,33,40)(H2,35,36,41). The minimum atomic E-state index is -4.70. The third-order valence-electron chi connectivity index (χ3n) is 6.75. The van der Waals surface area contributed by atoms with Gasteiger partial charge >= 0.3 is 12.2 Å². The molecule has 0 spiro atoms. The summed E-state index contributed by atoms with van der Waals surface area (Å²) in [5, 5.41) is 15.4. The Morgan fingerprint density at radius 1 is 1.17 bits per heavy atom. The maximum atomic E-state index is 14.1. The number of benzene rings is 2. The number of hydrogen-bond acceptors (Lipinski definition) is 7. The van der Waals surface area contributed by atoms with Crippen LogP contribution in [-0.4, -0.2) is 58.2 Å². The summed E-state index contributed by atoms with van der Waals surface area (Å²) in [7, 11) is 1.56. The zero-order chi connectivity index (χ0) is 30.0. The SMILES string of the molecule is COCc1c(-c2ccc(NC(=O)Nc3cc(C(F)(F)F)ccc3F)cc2)c2c(N)nncn2c1CN1CCNC(=O)C1. The summed E-state index contributed by atoms with van der Waals surface area (Å²) < 4.78 is 60.4. The van der Waals surface area contributed by atoms with Crippen LogP contribution in [0.1, 0.15) is 16.8 Å². The molecule has 0 aliphatic carbocycles. The summed E-state index contributed by atoms with van der Waals surface area (Å²) in [6.07, 6.45) is -3.15. The third kappa shape index (κ3) is 5.96. The minimum absolute atomic E-state index is 0.0714. The van der Waals surface area contributed by atoms with Crippen LogP contribution in [0.3, 0.4) is 0 Å². The summed E-state index contributed by atoms with van der Waals surface area (Å²) in [5.41, 5.74) is 8.51. The van der Waals surface area contributed by atoms with Gasteiger partial charge in [-0.2, -0.15) is 13.2 Å². The van der Waals surface area contributed by atoms with Crippen LogP contribution in [0.5, 0.6) is 0 Å². The van der Waals surface area contributed by atoms with Crippen molar-refractivity contribution in [3.63, 3.8) is 0 Å². The van der Waals surface area contributed by atoms with Crippen LogP contribution in [0.15, 0.2) is 48.8 Å². The van der Waals surface area contributed by atoms with Crippen LogP contribution < -0.4 is 21.7 Å². The van der Waals surface area contributed by atoms with Crippen molar-refractivity contribution in [2.24, 2.45) is 0 Å². The smallest absolute Gasteiger partial charge is 0.380 e. The van der Waals surface area contributed by atoms with Gasteiger partial charge in [-0.15, -0.1) is 10.2 Å². The molecule has 11 nitrogen and oxygen atoms in total. The van der Waals surface area contributed by atoms with Gasteiger partial charge in [0.05, 0.1) is 29.9 Å². The van der Waals surface area contributed by atoms with Gasteiger partial charge in [0, 0.05) is 49.3 Å². The van der Waals surface area contributed by atoms with Crippen molar-refractivity contribution in [3.05, 3.63) is 71.4 Å². The molecular formula is C27H26F4N8O3. The Morgan fingerprint density at radius 2 is 1.93 bits per heavy atom. The topological polar surface area (TPSA) is 139 Å².